The predicted molar refractivity (Wildman–Crippen MR) is 74.6 cm³/mol. The molecule has 2 rings (SSSR count). The van der Waals surface area contributed by atoms with E-state index in [0.717, 1.165) is 12.8 Å². The Hall–Kier alpha value is -1.74. The molecule has 0 saturated heterocycles. The molecule has 1 aromatic carbocycles. The number of benzene rings is 1. The van der Waals surface area contributed by atoms with Gasteiger partial charge in [-0.3, -0.25) is 0 Å². The molecule has 0 radical (unpaired) electrons. The SMILES string of the molecule is CCCc1ccc(C2=C/CC#CC/C=C\2)cc1. The van der Waals surface area contributed by atoms with Gasteiger partial charge in [0, 0.05) is 12.8 Å². The third kappa shape index (κ3) is 3.36. The van der Waals surface area contributed by atoms with Crippen LogP contribution < -0.4 is 0 Å². The lowest BCUT2D eigenvalue weighted by Crippen LogP contribution is -1.86. The first-order chi connectivity index (χ1) is 8.40. The monoisotopic (exact) mass is 222 g/mol. The van der Waals surface area contributed by atoms with E-state index < -0.39 is 0 Å². The van der Waals surface area contributed by atoms with Gasteiger partial charge in [-0.1, -0.05) is 67.7 Å². The van der Waals surface area contributed by atoms with Crippen LogP contribution in [0, 0.1) is 11.8 Å². The van der Waals surface area contributed by atoms with Crippen LogP contribution >= 0.6 is 0 Å². The normalized spacial score (nSPS) is 19.2. The van der Waals surface area contributed by atoms with Crippen molar-refractivity contribution in [2.75, 3.05) is 0 Å². The molecular formula is C17H18. The molecule has 0 atom stereocenters. The Labute approximate surface area is 104 Å². The summed E-state index contributed by atoms with van der Waals surface area (Å²) in [4.78, 5) is 0. The lowest BCUT2D eigenvalue weighted by Gasteiger charge is -2.05. The van der Waals surface area contributed by atoms with Crippen molar-refractivity contribution in [1.29, 1.82) is 0 Å². The molecule has 0 aromatic heterocycles. The van der Waals surface area contributed by atoms with Crippen LogP contribution in [0.2, 0.25) is 0 Å². The highest BCUT2D eigenvalue weighted by molar-refractivity contribution is 5.74. The first kappa shape index (κ1) is 11.7. The second kappa shape index (κ2) is 6.11. The van der Waals surface area contributed by atoms with Crippen LogP contribution in [-0.4, -0.2) is 0 Å². The molecule has 0 bridgehead atoms. The Kier molecular flexibility index (Phi) is 4.22. The average Bonchev–Trinajstić information content (AvgIpc) is 2.30. The van der Waals surface area contributed by atoms with Crippen molar-refractivity contribution in [3.63, 3.8) is 0 Å². The van der Waals surface area contributed by atoms with E-state index in [4.69, 9.17) is 0 Å². The van der Waals surface area contributed by atoms with Gasteiger partial charge in [0.2, 0.25) is 0 Å². The molecule has 1 aliphatic carbocycles. The van der Waals surface area contributed by atoms with Crippen LogP contribution in [0.5, 0.6) is 0 Å². The summed E-state index contributed by atoms with van der Waals surface area (Å²) < 4.78 is 0. The molecule has 17 heavy (non-hydrogen) atoms. The van der Waals surface area contributed by atoms with Crippen molar-refractivity contribution in [1.82, 2.24) is 0 Å². The van der Waals surface area contributed by atoms with Gasteiger partial charge >= 0.3 is 0 Å². The minimum atomic E-state index is 0.858. The van der Waals surface area contributed by atoms with Gasteiger partial charge in [-0.15, -0.1) is 0 Å². The molecule has 1 aromatic rings. The Morgan fingerprint density at radius 3 is 2.59 bits per heavy atom. The molecule has 0 unspecified atom stereocenters. The van der Waals surface area contributed by atoms with Gasteiger partial charge in [0.1, 0.15) is 0 Å². The standard InChI is InChI=1S/C17H18/c1-2-8-15-11-13-17(14-12-15)16-9-6-4-3-5-7-10-16/h6,9-14H,2,4,7-8H2,1H3/b9-6-,16-10+. The summed E-state index contributed by atoms with van der Waals surface area (Å²) in [5.41, 5.74) is 4.01. The summed E-state index contributed by atoms with van der Waals surface area (Å²) in [7, 11) is 0. The molecular weight excluding hydrogens is 204 g/mol. The van der Waals surface area contributed by atoms with Gasteiger partial charge in [-0.05, 0) is 23.1 Å². The third-order valence-electron chi connectivity index (χ3n) is 2.89. The van der Waals surface area contributed by atoms with Crippen LogP contribution in [0.4, 0.5) is 0 Å². The number of aryl methyl sites for hydroxylation is 1. The summed E-state index contributed by atoms with van der Waals surface area (Å²) in [6.07, 6.45) is 10.6. The van der Waals surface area contributed by atoms with E-state index in [9.17, 15) is 0 Å². The first-order valence-electron chi connectivity index (χ1n) is 6.32. The maximum Gasteiger partial charge on any atom is 0.0278 e. The highest BCUT2D eigenvalue weighted by atomic mass is 14.0. The van der Waals surface area contributed by atoms with Crippen LogP contribution in [0.3, 0.4) is 0 Å². The maximum atomic E-state index is 3.14. The zero-order valence-corrected chi connectivity index (χ0v) is 10.4. The largest absolute Gasteiger partial charge is 0.0988 e. The molecule has 1 aliphatic rings. The number of allylic oxidation sites excluding steroid dienone is 4. The van der Waals surface area contributed by atoms with Crippen molar-refractivity contribution in [3.05, 3.63) is 53.6 Å². The highest BCUT2D eigenvalue weighted by Gasteiger charge is 1.98. The minimum absolute atomic E-state index is 0.858. The van der Waals surface area contributed by atoms with Gasteiger partial charge < -0.3 is 0 Å². The van der Waals surface area contributed by atoms with E-state index in [1.54, 1.807) is 0 Å². The molecule has 0 saturated carbocycles. The number of hydrogen-bond donors (Lipinski definition) is 0. The number of hydrogen-bond acceptors (Lipinski definition) is 0. The fourth-order valence-corrected chi connectivity index (χ4v) is 1.98. The second-order valence-electron chi connectivity index (χ2n) is 4.27. The highest BCUT2D eigenvalue weighted by Crippen LogP contribution is 2.19. The fraction of sp³-hybridized carbons (Fsp3) is 0.294. The van der Waals surface area contributed by atoms with Crippen molar-refractivity contribution in [3.8, 4) is 11.8 Å². The first-order valence-corrected chi connectivity index (χ1v) is 6.32. The molecule has 0 heterocycles. The quantitative estimate of drug-likeness (QED) is 0.666. The van der Waals surface area contributed by atoms with Gasteiger partial charge in [0.05, 0.1) is 0 Å². The lowest BCUT2D eigenvalue weighted by molar-refractivity contribution is 0.922. The maximum absolute atomic E-state index is 3.14. The van der Waals surface area contributed by atoms with E-state index in [1.165, 1.54) is 29.5 Å². The molecule has 0 spiro atoms. The van der Waals surface area contributed by atoms with Crippen molar-refractivity contribution in [2.45, 2.75) is 32.6 Å². The smallest absolute Gasteiger partial charge is 0.0278 e. The summed E-state index contributed by atoms with van der Waals surface area (Å²) in [6.45, 7) is 2.21. The predicted octanol–water partition coefficient (Wildman–Crippen LogP) is 4.38. The van der Waals surface area contributed by atoms with E-state index in [2.05, 4.69) is 61.3 Å². The van der Waals surface area contributed by atoms with Crippen molar-refractivity contribution >= 4 is 5.57 Å². The summed E-state index contributed by atoms with van der Waals surface area (Å²) in [6, 6.07) is 8.91. The summed E-state index contributed by atoms with van der Waals surface area (Å²) >= 11 is 0. The summed E-state index contributed by atoms with van der Waals surface area (Å²) in [5, 5.41) is 0. The molecule has 0 amide bonds. The molecule has 0 nitrogen and oxygen atoms in total. The lowest BCUT2D eigenvalue weighted by atomic mass is 10.00. The van der Waals surface area contributed by atoms with Gasteiger partial charge in [0.15, 0.2) is 0 Å². The Morgan fingerprint density at radius 1 is 1.06 bits per heavy atom. The van der Waals surface area contributed by atoms with Gasteiger partial charge in [-0.2, -0.15) is 0 Å². The van der Waals surface area contributed by atoms with E-state index in [1.807, 2.05) is 0 Å². The van der Waals surface area contributed by atoms with E-state index in [0.29, 0.717) is 0 Å². The Morgan fingerprint density at radius 2 is 1.82 bits per heavy atom. The van der Waals surface area contributed by atoms with Gasteiger partial charge in [0.25, 0.3) is 0 Å². The van der Waals surface area contributed by atoms with Crippen LogP contribution in [0.25, 0.3) is 5.57 Å². The minimum Gasteiger partial charge on any atom is -0.0988 e. The van der Waals surface area contributed by atoms with Crippen LogP contribution in [-0.2, 0) is 6.42 Å². The van der Waals surface area contributed by atoms with Gasteiger partial charge in [-0.25, -0.2) is 0 Å². The topological polar surface area (TPSA) is 0 Å². The molecule has 0 fully saturated rings. The van der Waals surface area contributed by atoms with E-state index >= 15 is 0 Å². The third-order valence-corrected chi connectivity index (χ3v) is 2.89. The fourth-order valence-electron chi connectivity index (χ4n) is 1.98. The van der Waals surface area contributed by atoms with Crippen LogP contribution in [0.15, 0.2) is 42.5 Å². The molecule has 0 N–H and O–H groups in total. The molecule has 0 aliphatic heterocycles. The average molecular weight is 222 g/mol. The second-order valence-corrected chi connectivity index (χ2v) is 4.27. The molecule has 86 valence electrons. The summed E-state index contributed by atoms with van der Waals surface area (Å²) in [5.74, 6) is 6.24. The Bertz CT molecular complexity index is 475. The van der Waals surface area contributed by atoms with Crippen molar-refractivity contribution < 1.29 is 0 Å². The Balaban J connectivity index is 2.19. The number of rotatable bonds is 3. The van der Waals surface area contributed by atoms with Crippen molar-refractivity contribution in [2.24, 2.45) is 0 Å². The zero-order valence-electron chi connectivity index (χ0n) is 10.4. The zero-order chi connectivity index (χ0) is 11.9. The van der Waals surface area contributed by atoms with Crippen LogP contribution in [0.1, 0.15) is 37.3 Å². The van der Waals surface area contributed by atoms with E-state index in [-0.39, 0.29) is 0 Å². The molecule has 0 heteroatoms.